The minimum Gasteiger partial charge on any atom is -0.396 e. The molecule has 90 valence electrons. The van der Waals surface area contributed by atoms with Crippen molar-refractivity contribution in [1.29, 1.82) is 0 Å². The highest BCUT2D eigenvalue weighted by atomic mass is 79.9. The maximum atomic E-state index is 9.02. The van der Waals surface area contributed by atoms with E-state index in [0.29, 0.717) is 0 Å². The van der Waals surface area contributed by atoms with E-state index < -0.39 is 0 Å². The Morgan fingerprint density at radius 3 is 2.69 bits per heavy atom. The molecule has 2 N–H and O–H groups in total. The van der Waals surface area contributed by atoms with Crippen molar-refractivity contribution < 1.29 is 5.11 Å². The maximum Gasteiger partial charge on any atom is 0.0551 e. The summed E-state index contributed by atoms with van der Waals surface area (Å²) < 4.78 is 0.912. The second-order valence-corrected chi connectivity index (χ2v) is 5.34. The van der Waals surface area contributed by atoms with Gasteiger partial charge >= 0.3 is 0 Å². The summed E-state index contributed by atoms with van der Waals surface area (Å²) in [7, 11) is 0. The zero-order valence-electron chi connectivity index (χ0n) is 9.50. The average molecular weight is 307 g/mol. The molecule has 0 aliphatic heterocycles. The molecule has 0 aliphatic rings. The first-order chi connectivity index (χ1) is 7.54. The molecule has 0 aliphatic carbocycles. The van der Waals surface area contributed by atoms with Crippen molar-refractivity contribution in [3.63, 3.8) is 0 Å². The zero-order chi connectivity index (χ0) is 12.1. The number of hydrogen-bond acceptors (Lipinski definition) is 2. The van der Waals surface area contributed by atoms with Crippen molar-refractivity contribution in [2.24, 2.45) is 5.92 Å². The molecule has 0 heterocycles. The fourth-order valence-corrected chi connectivity index (χ4v) is 1.74. The summed E-state index contributed by atoms with van der Waals surface area (Å²) in [6.07, 6.45) is 0. The first kappa shape index (κ1) is 14.0. The van der Waals surface area contributed by atoms with Crippen molar-refractivity contribution in [2.45, 2.75) is 26.4 Å². The largest absolute Gasteiger partial charge is 0.396 e. The van der Waals surface area contributed by atoms with Crippen molar-refractivity contribution >= 4 is 27.5 Å². The third kappa shape index (κ3) is 4.06. The smallest absolute Gasteiger partial charge is 0.0551 e. The lowest BCUT2D eigenvalue weighted by atomic mass is 10.0. The average Bonchev–Trinajstić information content (AvgIpc) is 2.29. The molecule has 1 aromatic rings. The van der Waals surface area contributed by atoms with E-state index in [-0.39, 0.29) is 18.6 Å². The monoisotopic (exact) mass is 305 g/mol. The zero-order valence-corrected chi connectivity index (χ0v) is 11.8. The minimum atomic E-state index is 0.204. The third-order valence-electron chi connectivity index (χ3n) is 2.75. The molecule has 0 amide bonds. The Labute approximate surface area is 110 Å². The number of aliphatic hydroxyl groups excluding tert-OH is 1. The summed E-state index contributed by atoms with van der Waals surface area (Å²) in [5.41, 5.74) is 1.14. The summed E-state index contributed by atoms with van der Waals surface area (Å²) >= 11 is 9.36. The van der Waals surface area contributed by atoms with Crippen LogP contribution in [0.3, 0.4) is 0 Å². The lowest BCUT2D eigenvalue weighted by molar-refractivity contribution is 0.207. The van der Waals surface area contributed by atoms with Crippen LogP contribution in [0.4, 0.5) is 0 Å². The summed E-state index contributed by atoms with van der Waals surface area (Å²) in [6, 6.07) is 6.20. The van der Waals surface area contributed by atoms with E-state index in [4.69, 9.17) is 16.7 Å². The Hall–Kier alpha value is -0.0900. The van der Waals surface area contributed by atoms with Gasteiger partial charge in [-0.1, -0.05) is 24.6 Å². The van der Waals surface area contributed by atoms with Gasteiger partial charge in [0.25, 0.3) is 0 Å². The van der Waals surface area contributed by atoms with Crippen LogP contribution in [0.2, 0.25) is 5.02 Å². The quantitative estimate of drug-likeness (QED) is 0.875. The highest BCUT2D eigenvalue weighted by Gasteiger charge is 2.10. The van der Waals surface area contributed by atoms with Crippen molar-refractivity contribution in [3.05, 3.63) is 33.3 Å². The second kappa shape index (κ2) is 6.60. The van der Waals surface area contributed by atoms with Gasteiger partial charge in [0.1, 0.15) is 0 Å². The number of aliphatic hydroxyl groups is 1. The normalized spacial score (nSPS) is 14.8. The summed E-state index contributed by atoms with van der Waals surface area (Å²) in [5.74, 6) is 0.255. The van der Waals surface area contributed by atoms with Crippen LogP contribution in [0.25, 0.3) is 0 Å². The molecule has 16 heavy (non-hydrogen) atoms. The fraction of sp³-hybridized carbons (Fsp3) is 0.500. The van der Waals surface area contributed by atoms with Gasteiger partial charge in [0.2, 0.25) is 0 Å². The van der Waals surface area contributed by atoms with Gasteiger partial charge in [-0.3, -0.25) is 0 Å². The van der Waals surface area contributed by atoms with Gasteiger partial charge in [0.05, 0.1) is 5.02 Å². The molecule has 0 spiro atoms. The van der Waals surface area contributed by atoms with E-state index in [1.165, 1.54) is 0 Å². The molecule has 0 radical (unpaired) electrons. The van der Waals surface area contributed by atoms with Gasteiger partial charge < -0.3 is 10.4 Å². The van der Waals surface area contributed by atoms with E-state index >= 15 is 0 Å². The summed E-state index contributed by atoms with van der Waals surface area (Å²) in [5, 5.41) is 13.1. The highest BCUT2D eigenvalue weighted by Crippen LogP contribution is 2.23. The number of benzene rings is 1. The Balaban J connectivity index is 2.51. The van der Waals surface area contributed by atoms with Crippen molar-refractivity contribution in [2.75, 3.05) is 6.61 Å². The van der Waals surface area contributed by atoms with Crippen molar-refractivity contribution in [1.82, 2.24) is 5.32 Å². The molecule has 0 bridgehead atoms. The fourth-order valence-electron chi connectivity index (χ4n) is 1.29. The Morgan fingerprint density at radius 1 is 1.44 bits per heavy atom. The van der Waals surface area contributed by atoms with E-state index in [1.807, 2.05) is 25.1 Å². The first-order valence-corrected chi connectivity index (χ1v) is 6.50. The number of nitrogens with one attached hydrogen (secondary N) is 1. The number of halogens is 2. The van der Waals surface area contributed by atoms with Gasteiger partial charge in [0.15, 0.2) is 0 Å². The summed E-state index contributed by atoms with van der Waals surface area (Å²) in [4.78, 5) is 0. The minimum absolute atomic E-state index is 0.204. The summed E-state index contributed by atoms with van der Waals surface area (Å²) in [6.45, 7) is 5.06. The lowest BCUT2D eigenvalue weighted by Crippen LogP contribution is -2.33. The van der Waals surface area contributed by atoms with E-state index in [1.54, 1.807) is 0 Å². The predicted molar refractivity (Wildman–Crippen MR) is 71.7 cm³/mol. The van der Waals surface area contributed by atoms with Crippen LogP contribution in [0.5, 0.6) is 0 Å². The first-order valence-electron chi connectivity index (χ1n) is 5.32. The molecule has 1 aromatic carbocycles. The molecule has 0 aromatic heterocycles. The van der Waals surface area contributed by atoms with Crippen LogP contribution in [0, 0.1) is 5.92 Å². The standard InChI is InChI=1S/C12H17BrClNO/c1-8(7-16)9(2)15-6-10-3-4-11(13)12(14)5-10/h3-5,8-9,15-16H,6-7H2,1-2H3. The molecule has 4 heteroatoms. The molecule has 2 atom stereocenters. The van der Waals surface area contributed by atoms with Gasteiger partial charge in [0, 0.05) is 23.7 Å². The van der Waals surface area contributed by atoms with Gasteiger partial charge in [-0.2, -0.15) is 0 Å². The molecule has 2 nitrogen and oxygen atoms in total. The Morgan fingerprint density at radius 2 is 2.12 bits per heavy atom. The topological polar surface area (TPSA) is 32.3 Å². The van der Waals surface area contributed by atoms with Crippen LogP contribution < -0.4 is 5.32 Å². The number of rotatable bonds is 5. The predicted octanol–water partition coefficient (Wildman–Crippen LogP) is 3.21. The van der Waals surface area contributed by atoms with E-state index in [2.05, 4.69) is 28.2 Å². The Bertz CT molecular complexity index is 346. The SMILES string of the molecule is CC(CO)C(C)NCc1ccc(Br)c(Cl)c1. The Kier molecular flexibility index (Phi) is 5.76. The van der Waals surface area contributed by atoms with Crippen molar-refractivity contribution in [3.8, 4) is 0 Å². The van der Waals surface area contributed by atoms with Gasteiger partial charge in [-0.05, 0) is 46.5 Å². The highest BCUT2D eigenvalue weighted by molar-refractivity contribution is 9.10. The van der Waals surface area contributed by atoms with E-state index in [9.17, 15) is 0 Å². The molecule has 0 saturated carbocycles. The lowest BCUT2D eigenvalue weighted by Gasteiger charge is -2.19. The van der Waals surface area contributed by atoms with E-state index in [0.717, 1.165) is 21.6 Å². The van der Waals surface area contributed by atoms with Gasteiger partial charge in [-0.25, -0.2) is 0 Å². The molecule has 0 saturated heterocycles. The van der Waals surface area contributed by atoms with Crippen LogP contribution in [0.1, 0.15) is 19.4 Å². The maximum absolute atomic E-state index is 9.02. The molecular weight excluding hydrogens is 289 g/mol. The molecule has 1 rings (SSSR count). The third-order valence-corrected chi connectivity index (χ3v) is 3.99. The molecule has 2 unspecified atom stereocenters. The van der Waals surface area contributed by atoms with Crippen LogP contribution in [-0.4, -0.2) is 17.8 Å². The van der Waals surface area contributed by atoms with Crippen LogP contribution >= 0.6 is 27.5 Å². The van der Waals surface area contributed by atoms with Gasteiger partial charge in [-0.15, -0.1) is 0 Å². The second-order valence-electron chi connectivity index (χ2n) is 4.08. The molecular formula is C12H17BrClNO. The van der Waals surface area contributed by atoms with Crippen LogP contribution in [0.15, 0.2) is 22.7 Å². The van der Waals surface area contributed by atoms with Crippen LogP contribution in [-0.2, 0) is 6.54 Å². The number of hydrogen-bond donors (Lipinski definition) is 2. The molecule has 0 fully saturated rings.